The number of carbonyl (C=O) groups excluding carboxylic acids is 2. The fourth-order valence-corrected chi connectivity index (χ4v) is 5.68. The minimum absolute atomic E-state index is 0.0716. The van der Waals surface area contributed by atoms with Gasteiger partial charge < -0.3 is 19.2 Å². The predicted molar refractivity (Wildman–Crippen MR) is 162 cm³/mol. The van der Waals surface area contributed by atoms with Crippen molar-refractivity contribution in [3.63, 3.8) is 0 Å². The highest BCUT2D eigenvalue weighted by atomic mass is 16.3. The summed E-state index contributed by atoms with van der Waals surface area (Å²) in [7, 11) is 0. The first-order valence-corrected chi connectivity index (χ1v) is 14.6. The van der Waals surface area contributed by atoms with Gasteiger partial charge in [0.05, 0.1) is 23.0 Å². The monoisotopic (exact) mass is 567 g/mol. The Hall–Kier alpha value is -4.24. The van der Waals surface area contributed by atoms with Crippen molar-refractivity contribution in [2.75, 3.05) is 23.3 Å². The van der Waals surface area contributed by atoms with Crippen molar-refractivity contribution in [1.82, 2.24) is 14.5 Å². The van der Waals surface area contributed by atoms with Crippen LogP contribution in [0.2, 0.25) is 0 Å². The number of benzene rings is 1. The first-order valence-electron chi connectivity index (χ1n) is 14.6. The number of fused-ring (bicyclic) bond motifs is 2. The van der Waals surface area contributed by atoms with Gasteiger partial charge in [-0.25, -0.2) is 0 Å². The van der Waals surface area contributed by atoms with Gasteiger partial charge in [0.1, 0.15) is 11.0 Å². The van der Waals surface area contributed by atoms with Gasteiger partial charge in [-0.3, -0.25) is 24.3 Å². The minimum Gasteiger partial charge on any atom is -0.464 e. The Morgan fingerprint density at radius 3 is 2.67 bits per heavy atom. The van der Waals surface area contributed by atoms with Gasteiger partial charge in [0.25, 0.3) is 5.56 Å². The number of rotatable bonds is 9. The Balaban J connectivity index is 1.30. The van der Waals surface area contributed by atoms with Gasteiger partial charge in [-0.05, 0) is 81.8 Å². The van der Waals surface area contributed by atoms with Gasteiger partial charge in [-0.15, -0.1) is 0 Å². The van der Waals surface area contributed by atoms with E-state index in [4.69, 9.17) is 4.42 Å². The van der Waals surface area contributed by atoms with Crippen molar-refractivity contribution < 1.29 is 14.0 Å². The summed E-state index contributed by atoms with van der Waals surface area (Å²) in [5, 5.41) is 3.62. The topological polar surface area (TPSA) is 101 Å². The molecule has 1 fully saturated rings. The molecule has 0 unspecified atom stereocenters. The lowest BCUT2D eigenvalue weighted by Gasteiger charge is -2.28. The first kappa shape index (κ1) is 27.9. The van der Waals surface area contributed by atoms with Crippen LogP contribution in [0.3, 0.4) is 0 Å². The molecule has 4 heterocycles. The second kappa shape index (κ2) is 10.9. The van der Waals surface area contributed by atoms with Crippen LogP contribution in [-0.4, -0.2) is 39.4 Å². The van der Waals surface area contributed by atoms with Crippen molar-refractivity contribution in [3.05, 3.63) is 87.8 Å². The molecular weight excluding hydrogens is 530 g/mol. The third kappa shape index (κ3) is 5.36. The Bertz CT molecular complexity index is 1730. The normalized spacial score (nSPS) is 16.5. The van der Waals surface area contributed by atoms with Crippen LogP contribution in [0, 0.1) is 25.2 Å². The van der Waals surface area contributed by atoms with E-state index in [-0.39, 0.29) is 17.4 Å². The highest BCUT2D eigenvalue weighted by molar-refractivity contribution is 6.19. The maximum Gasteiger partial charge on any atom is 0.261 e. The number of carbonyl (C=O) groups is 2. The summed E-state index contributed by atoms with van der Waals surface area (Å²) < 4.78 is 7.26. The molecule has 9 nitrogen and oxygen atoms in total. The van der Waals surface area contributed by atoms with Crippen LogP contribution in [0.15, 0.2) is 64.3 Å². The Morgan fingerprint density at radius 1 is 1.10 bits per heavy atom. The van der Waals surface area contributed by atoms with E-state index in [2.05, 4.69) is 21.3 Å². The zero-order valence-corrected chi connectivity index (χ0v) is 24.6. The lowest BCUT2D eigenvalue weighted by Crippen LogP contribution is -2.45. The molecule has 2 aliphatic rings. The van der Waals surface area contributed by atoms with Crippen LogP contribution in [0.4, 0.5) is 11.4 Å². The van der Waals surface area contributed by atoms with Crippen molar-refractivity contribution >= 4 is 34.2 Å². The standard InChI is InChI=1S/C33H37N5O4/c1-21-17-37(30(39)26-11-15-42-29(21)26)14-13-36(20-25-6-5-12-34-22(25)2)18-24-9-10-28-27(16-24)35-31(40)33(3,4)32(41)38(28)19-23-7-8-23/h5-6,9-12,15-17,23H,7-8,13-14,18-20H2,1-4H3,(H,35,40). The number of pyridine rings is 2. The molecule has 1 aromatic carbocycles. The summed E-state index contributed by atoms with van der Waals surface area (Å²) in [6, 6.07) is 11.7. The van der Waals surface area contributed by atoms with Crippen LogP contribution in [0.5, 0.6) is 0 Å². The van der Waals surface area contributed by atoms with E-state index in [9.17, 15) is 14.4 Å². The lowest BCUT2D eigenvalue weighted by atomic mass is 9.90. The number of aromatic nitrogens is 2. The number of furan rings is 1. The lowest BCUT2D eigenvalue weighted by molar-refractivity contribution is -0.136. The number of nitrogens with one attached hydrogen (secondary N) is 1. The zero-order valence-electron chi connectivity index (χ0n) is 24.6. The van der Waals surface area contributed by atoms with E-state index in [1.165, 1.54) is 0 Å². The van der Waals surface area contributed by atoms with Crippen molar-refractivity contribution in [3.8, 4) is 0 Å². The van der Waals surface area contributed by atoms with E-state index in [0.29, 0.717) is 55.3 Å². The fraction of sp³-hybridized carbons (Fsp3) is 0.394. The number of nitrogens with zero attached hydrogens (tertiary/aromatic N) is 4. The van der Waals surface area contributed by atoms with Gasteiger partial charge >= 0.3 is 0 Å². The van der Waals surface area contributed by atoms with Crippen LogP contribution < -0.4 is 15.8 Å². The third-order valence-electron chi connectivity index (χ3n) is 8.52. The second-order valence-electron chi connectivity index (χ2n) is 12.2. The summed E-state index contributed by atoms with van der Waals surface area (Å²) in [5.41, 5.74) is 4.80. The Morgan fingerprint density at radius 2 is 1.90 bits per heavy atom. The molecule has 1 N–H and O–H groups in total. The van der Waals surface area contributed by atoms with Gasteiger partial charge in [0.2, 0.25) is 11.8 Å². The van der Waals surface area contributed by atoms with Gasteiger partial charge in [-0.1, -0.05) is 12.1 Å². The maximum atomic E-state index is 13.5. The van der Waals surface area contributed by atoms with Crippen LogP contribution in [0.25, 0.3) is 11.0 Å². The van der Waals surface area contributed by atoms with Crippen LogP contribution >= 0.6 is 0 Å². The maximum absolute atomic E-state index is 13.5. The van der Waals surface area contributed by atoms with Gasteiger partial charge in [0, 0.05) is 56.4 Å². The molecule has 1 saturated carbocycles. The van der Waals surface area contributed by atoms with Crippen LogP contribution in [-0.2, 0) is 29.2 Å². The molecule has 0 atom stereocenters. The van der Waals surface area contributed by atoms with E-state index < -0.39 is 5.41 Å². The molecule has 0 spiro atoms. The Labute approximate surface area is 245 Å². The number of hydrogen-bond acceptors (Lipinski definition) is 6. The highest BCUT2D eigenvalue weighted by Gasteiger charge is 2.44. The molecule has 218 valence electrons. The molecule has 2 amide bonds. The highest BCUT2D eigenvalue weighted by Crippen LogP contribution is 2.39. The largest absolute Gasteiger partial charge is 0.464 e. The molecule has 0 bridgehead atoms. The predicted octanol–water partition coefficient (Wildman–Crippen LogP) is 5.03. The Kier molecular flexibility index (Phi) is 7.22. The molecule has 4 aromatic rings. The fourth-order valence-electron chi connectivity index (χ4n) is 5.68. The summed E-state index contributed by atoms with van der Waals surface area (Å²) in [6.45, 7) is 10.3. The molecular formula is C33H37N5O4. The zero-order chi connectivity index (χ0) is 29.6. The summed E-state index contributed by atoms with van der Waals surface area (Å²) in [4.78, 5) is 48.3. The summed E-state index contributed by atoms with van der Waals surface area (Å²) in [5.74, 6) is 0.0239. The molecule has 6 rings (SSSR count). The molecule has 0 radical (unpaired) electrons. The third-order valence-corrected chi connectivity index (χ3v) is 8.52. The molecule has 0 saturated heterocycles. The van der Waals surface area contributed by atoms with Gasteiger partial charge in [0.15, 0.2) is 0 Å². The SMILES string of the molecule is Cc1ncccc1CN(CCn1cc(C)c2occc2c1=O)Cc1ccc2c(c1)NC(=O)C(C)(C)C(=O)N2CC1CC1. The van der Waals surface area contributed by atoms with Crippen molar-refractivity contribution in [2.45, 2.75) is 60.2 Å². The molecule has 1 aliphatic carbocycles. The minimum atomic E-state index is -1.15. The smallest absolute Gasteiger partial charge is 0.261 e. The average molecular weight is 568 g/mol. The van der Waals surface area contributed by atoms with E-state index >= 15 is 0 Å². The quantitative estimate of drug-likeness (QED) is 0.285. The van der Waals surface area contributed by atoms with Crippen molar-refractivity contribution in [2.24, 2.45) is 11.3 Å². The molecule has 3 aromatic heterocycles. The van der Waals surface area contributed by atoms with E-state index in [1.807, 2.05) is 44.3 Å². The first-order chi connectivity index (χ1) is 20.1. The summed E-state index contributed by atoms with van der Waals surface area (Å²) >= 11 is 0. The van der Waals surface area contributed by atoms with Crippen LogP contribution in [0.1, 0.15) is 49.1 Å². The van der Waals surface area contributed by atoms with Gasteiger partial charge in [-0.2, -0.15) is 0 Å². The van der Waals surface area contributed by atoms with E-state index in [0.717, 1.165) is 40.9 Å². The average Bonchev–Trinajstić information content (AvgIpc) is 3.65. The number of hydrogen-bond donors (Lipinski definition) is 1. The molecule has 42 heavy (non-hydrogen) atoms. The second-order valence-corrected chi connectivity index (χ2v) is 12.2. The van der Waals surface area contributed by atoms with E-state index in [1.54, 1.807) is 41.8 Å². The number of amides is 2. The number of aryl methyl sites for hydroxylation is 2. The number of anilines is 2. The van der Waals surface area contributed by atoms with Crippen molar-refractivity contribution in [1.29, 1.82) is 0 Å². The molecule has 9 heteroatoms. The molecule has 1 aliphatic heterocycles. The summed E-state index contributed by atoms with van der Waals surface area (Å²) in [6.07, 6.45) is 7.41.